The minimum absolute atomic E-state index is 0.0887. The van der Waals surface area contributed by atoms with E-state index in [1.807, 2.05) is 53.4 Å². The van der Waals surface area contributed by atoms with Crippen LogP contribution in [0.4, 0.5) is 0 Å². The van der Waals surface area contributed by atoms with E-state index in [-0.39, 0.29) is 11.9 Å². The van der Waals surface area contributed by atoms with Gasteiger partial charge < -0.3 is 19.1 Å². The Labute approximate surface area is 218 Å². The number of ether oxygens (including phenoxy) is 3. The van der Waals surface area contributed by atoms with Crippen molar-refractivity contribution in [2.45, 2.75) is 32.7 Å². The highest BCUT2D eigenvalue weighted by Gasteiger charge is 2.33. The first-order chi connectivity index (χ1) is 18.0. The molecule has 1 aliphatic rings. The van der Waals surface area contributed by atoms with E-state index >= 15 is 0 Å². The standard InChI is InChI=1S/C32H33NO4/c1-21-14-22(2)16-26(15-21)37-20-29-28-19-31(36-4)30(35-3)17-25(28)12-13-33(29)32(34)18-24-10-7-9-23-8-5-6-11-27(23)24/h5-11,14-17,19,29H,12-13,18,20H2,1-4H3/t29-/m0/s1. The highest BCUT2D eigenvalue weighted by molar-refractivity contribution is 5.90. The van der Waals surface area contributed by atoms with Gasteiger partial charge in [-0.25, -0.2) is 0 Å². The van der Waals surface area contributed by atoms with E-state index in [2.05, 4.69) is 38.1 Å². The van der Waals surface area contributed by atoms with E-state index in [1.54, 1.807) is 14.2 Å². The second-order valence-electron chi connectivity index (χ2n) is 9.71. The molecule has 0 radical (unpaired) electrons. The summed E-state index contributed by atoms with van der Waals surface area (Å²) in [7, 11) is 3.28. The van der Waals surface area contributed by atoms with Crippen LogP contribution in [0.1, 0.15) is 33.9 Å². The molecule has 37 heavy (non-hydrogen) atoms. The lowest BCUT2D eigenvalue weighted by molar-refractivity contribution is -0.134. The van der Waals surface area contributed by atoms with Gasteiger partial charge in [0.25, 0.3) is 0 Å². The van der Waals surface area contributed by atoms with E-state index in [1.165, 1.54) is 0 Å². The third-order valence-corrected chi connectivity index (χ3v) is 7.15. The maximum Gasteiger partial charge on any atom is 0.227 e. The van der Waals surface area contributed by atoms with Crippen LogP contribution in [0, 0.1) is 13.8 Å². The maximum atomic E-state index is 13.8. The third-order valence-electron chi connectivity index (χ3n) is 7.15. The molecular formula is C32H33NO4. The largest absolute Gasteiger partial charge is 0.493 e. The van der Waals surface area contributed by atoms with Gasteiger partial charge in [-0.1, -0.05) is 48.5 Å². The third kappa shape index (κ3) is 5.12. The van der Waals surface area contributed by atoms with Gasteiger partial charge >= 0.3 is 0 Å². The van der Waals surface area contributed by atoms with E-state index in [0.29, 0.717) is 31.1 Å². The van der Waals surface area contributed by atoms with Crippen LogP contribution in [0.3, 0.4) is 0 Å². The van der Waals surface area contributed by atoms with E-state index in [4.69, 9.17) is 14.2 Å². The van der Waals surface area contributed by atoms with Crippen molar-refractivity contribution in [3.05, 3.63) is 101 Å². The summed E-state index contributed by atoms with van der Waals surface area (Å²) in [4.78, 5) is 15.8. The number of aryl methyl sites for hydroxylation is 2. The highest BCUT2D eigenvalue weighted by Crippen LogP contribution is 2.39. The molecule has 1 atom stereocenters. The molecule has 1 heterocycles. The minimum Gasteiger partial charge on any atom is -0.493 e. The molecule has 4 aromatic carbocycles. The van der Waals surface area contributed by atoms with Gasteiger partial charge in [0.05, 0.1) is 26.7 Å². The van der Waals surface area contributed by atoms with Gasteiger partial charge in [-0.2, -0.15) is 0 Å². The van der Waals surface area contributed by atoms with Gasteiger partial charge in [-0.05, 0) is 83.1 Å². The monoisotopic (exact) mass is 495 g/mol. The van der Waals surface area contributed by atoms with Gasteiger partial charge in [0.2, 0.25) is 5.91 Å². The first kappa shape index (κ1) is 24.7. The molecule has 1 aliphatic heterocycles. The number of hydrogen-bond acceptors (Lipinski definition) is 4. The second kappa shape index (κ2) is 10.6. The number of amides is 1. The molecular weight excluding hydrogens is 462 g/mol. The molecule has 1 amide bonds. The Balaban J connectivity index is 1.49. The summed E-state index contributed by atoms with van der Waals surface area (Å²) in [6.07, 6.45) is 1.08. The van der Waals surface area contributed by atoms with Crippen molar-refractivity contribution in [3.8, 4) is 17.2 Å². The zero-order valence-corrected chi connectivity index (χ0v) is 21.9. The van der Waals surface area contributed by atoms with Crippen LogP contribution in [0.2, 0.25) is 0 Å². The quantitative estimate of drug-likeness (QED) is 0.305. The van der Waals surface area contributed by atoms with Crippen LogP contribution in [-0.2, 0) is 17.6 Å². The van der Waals surface area contributed by atoms with Crippen LogP contribution in [0.5, 0.6) is 17.2 Å². The van der Waals surface area contributed by atoms with Gasteiger partial charge in [0.1, 0.15) is 12.4 Å². The predicted octanol–water partition coefficient (Wildman–Crippen LogP) is 6.22. The van der Waals surface area contributed by atoms with E-state index < -0.39 is 0 Å². The number of nitrogens with zero attached hydrogens (tertiary/aromatic N) is 1. The molecule has 5 heteroatoms. The van der Waals surface area contributed by atoms with Gasteiger partial charge in [0.15, 0.2) is 11.5 Å². The summed E-state index contributed by atoms with van der Waals surface area (Å²) in [5.74, 6) is 2.25. The van der Waals surface area contributed by atoms with Crippen molar-refractivity contribution in [1.82, 2.24) is 4.90 Å². The van der Waals surface area contributed by atoms with Crippen molar-refractivity contribution < 1.29 is 19.0 Å². The Bertz CT molecular complexity index is 1420. The molecule has 5 rings (SSSR count). The molecule has 4 aromatic rings. The normalized spacial score (nSPS) is 14.8. The summed E-state index contributed by atoms with van der Waals surface area (Å²) in [5.41, 5.74) is 5.53. The van der Waals surface area contributed by atoms with Crippen molar-refractivity contribution >= 4 is 16.7 Å². The SMILES string of the molecule is COc1cc2c(cc1OC)[C@H](COc1cc(C)cc(C)c1)N(C(=O)Cc1cccc3ccccc13)CC2. The number of carbonyl (C=O) groups excluding carboxylic acids is 1. The first-order valence-electron chi connectivity index (χ1n) is 12.7. The zero-order chi connectivity index (χ0) is 25.9. The smallest absolute Gasteiger partial charge is 0.227 e. The van der Waals surface area contributed by atoms with E-state index in [9.17, 15) is 4.79 Å². The summed E-state index contributed by atoms with van der Waals surface area (Å²) < 4.78 is 17.5. The van der Waals surface area contributed by atoms with E-state index in [0.717, 1.165) is 50.8 Å². The fourth-order valence-electron chi connectivity index (χ4n) is 5.41. The number of hydrogen-bond donors (Lipinski definition) is 0. The fourth-order valence-corrected chi connectivity index (χ4v) is 5.41. The van der Waals surface area contributed by atoms with Crippen LogP contribution in [-0.4, -0.2) is 38.2 Å². The summed E-state index contributed by atoms with van der Waals surface area (Å²) in [6.45, 7) is 5.10. The zero-order valence-electron chi connectivity index (χ0n) is 21.9. The number of methoxy groups -OCH3 is 2. The number of fused-ring (bicyclic) bond motifs is 2. The molecule has 0 aromatic heterocycles. The summed E-state index contributed by atoms with van der Waals surface area (Å²) in [5, 5.41) is 2.26. The molecule has 0 N–H and O–H groups in total. The minimum atomic E-state index is -0.244. The first-order valence-corrected chi connectivity index (χ1v) is 12.7. The second-order valence-corrected chi connectivity index (χ2v) is 9.71. The predicted molar refractivity (Wildman–Crippen MR) is 147 cm³/mol. The number of carbonyl (C=O) groups is 1. The van der Waals surface area contributed by atoms with Crippen LogP contribution < -0.4 is 14.2 Å². The average Bonchev–Trinajstić information content (AvgIpc) is 2.90. The lowest BCUT2D eigenvalue weighted by Gasteiger charge is -2.38. The molecule has 190 valence electrons. The molecule has 0 fully saturated rings. The van der Waals surface area contributed by atoms with Crippen molar-refractivity contribution in [3.63, 3.8) is 0 Å². The Morgan fingerprint density at radius 3 is 2.35 bits per heavy atom. The average molecular weight is 496 g/mol. The lowest BCUT2D eigenvalue weighted by atomic mass is 9.91. The molecule has 0 aliphatic carbocycles. The summed E-state index contributed by atoms with van der Waals surface area (Å²) >= 11 is 0. The van der Waals surface area contributed by atoms with Crippen molar-refractivity contribution in [1.29, 1.82) is 0 Å². The van der Waals surface area contributed by atoms with Crippen molar-refractivity contribution in [2.24, 2.45) is 0 Å². The molecule has 0 unspecified atom stereocenters. The van der Waals surface area contributed by atoms with Gasteiger partial charge in [0, 0.05) is 6.54 Å². The van der Waals surface area contributed by atoms with Gasteiger partial charge in [-0.3, -0.25) is 4.79 Å². The molecule has 0 bridgehead atoms. The Morgan fingerprint density at radius 1 is 0.892 bits per heavy atom. The number of benzene rings is 4. The maximum absolute atomic E-state index is 13.8. The molecule has 0 saturated carbocycles. The number of rotatable bonds is 7. The Morgan fingerprint density at radius 2 is 1.59 bits per heavy atom. The summed E-state index contributed by atoms with van der Waals surface area (Å²) in [6, 6.07) is 24.4. The Kier molecular flexibility index (Phi) is 7.04. The molecule has 0 saturated heterocycles. The lowest BCUT2D eigenvalue weighted by Crippen LogP contribution is -2.43. The van der Waals surface area contributed by atoms with Crippen molar-refractivity contribution in [2.75, 3.05) is 27.4 Å². The highest BCUT2D eigenvalue weighted by atomic mass is 16.5. The Hall–Kier alpha value is -3.99. The fraction of sp³-hybridized carbons (Fsp3) is 0.281. The van der Waals surface area contributed by atoms with Crippen LogP contribution in [0.25, 0.3) is 10.8 Å². The van der Waals surface area contributed by atoms with Crippen LogP contribution in [0.15, 0.2) is 72.8 Å². The van der Waals surface area contributed by atoms with Crippen LogP contribution >= 0.6 is 0 Å². The topological polar surface area (TPSA) is 48.0 Å². The molecule has 5 nitrogen and oxygen atoms in total. The molecule has 0 spiro atoms. The van der Waals surface area contributed by atoms with Gasteiger partial charge in [-0.15, -0.1) is 0 Å².